The van der Waals surface area contributed by atoms with Crippen molar-refractivity contribution in [3.05, 3.63) is 65.2 Å². The van der Waals surface area contributed by atoms with Gasteiger partial charge >= 0.3 is 5.97 Å². The maximum Gasteiger partial charge on any atom is 0.311 e. The molecule has 0 amide bonds. The Labute approximate surface area is 122 Å². The summed E-state index contributed by atoms with van der Waals surface area (Å²) < 4.78 is 5.54. The van der Waals surface area contributed by atoms with E-state index in [2.05, 4.69) is 0 Å². The summed E-state index contributed by atoms with van der Waals surface area (Å²) in [6.07, 6.45) is 0.409. The topological polar surface area (TPSA) is 46.5 Å². The first-order valence-corrected chi connectivity index (χ1v) is 6.71. The standard InChI is InChI=1S/C16H15ClO3/c17-13-7-4-8-14(11-13)20-10-9-15(16(18)19)12-5-2-1-3-6-12/h1-8,11,15H,9-10H2,(H,18,19). The number of carboxylic acids is 1. The highest BCUT2D eigenvalue weighted by molar-refractivity contribution is 6.30. The van der Waals surface area contributed by atoms with E-state index in [1.807, 2.05) is 30.3 Å². The Morgan fingerprint density at radius 2 is 1.90 bits per heavy atom. The van der Waals surface area contributed by atoms with Gasteiger partial charge in [0.1, 0.15) is 5.75 Å². The summed E-state index contributed by atoms with van der Waals surface area (Å²) in [7, 11) is 0. The molecule has 0 aliphatic heterocycles. The van der Waals surface area contributed by atoms with Gasteiger partial charge in [0.2, 0.25) is 0 Å². The van der Waals surface area contributed by atoms with Crippen LogP contribution in [0.15, 0.2) is 54.6 Å². The van der Waals surface area contributed by atoms with Crippen molar-refractivity contribution in [3.63, 3.8) is 0 Å². The predicted molar refractivity (Wildman–Crippen MR) is 78.4 cm³/mol. The third-order valence-electron chi connectivity index (χ3n) is 2.97. The van der Waals surface area contributed by atoms with Crippen molar-refractivity contribution in [2.45, 2.75) is 12.3 Å². The average molecular weight is 291 g/mol. The van der Waals surface area contributed by atoms with E-state index in [9.17, 15) is 9.90 Å². The molecular weight excluding hydrogens is 276 g/mol. The van der Waals surface area contributed by atoms with Crippen LogP contribution in [0, 0.1) is 0 Å². The van der Waals surface area contributed by atoms with Gasteiger partial charge in [-0.3, -0.25) is 4.79 Å². The first-order valence-electron chi connectivity index (χ1n) is 6.33. The van der Waals surface area contributed by atoms with Crippen molar-refractivity contribution < 1.29 is 14.6 Å². The molecule has 0 radical (unpaired) electrons. The number of ether oxygens (including phenoxy) is 1. The molecule has 3 nitrogen and oxygen atoms in total. The predicted octanol–water partition coefficient (Wildman–Crippen LogP) is 3.98. The number of rotatable bonds is 6. The van der Waals surface area contributed by atoms with Crippen molar-refractivity contribution in [2.75, 3.05) is 6.61 Å². The number of halogens is 1. The van der Waals surface area contributed by atoms with Crippen LogP contribution >= 0.6 is 11.6 Å². The van der Waals surface area contributed by atoms with Gasteiger partial charge in [-0.1, -0.05) is 48.0 Å². The highest BCUT2D eigenvalue weighted by Gasteiger charge is 2.19. The fraction of sp³-hybridized carbons (Fsp3) is 0.188. The molecule has 104 valence electrons. The summed E-state index contributed by atoms with van der Waals surface area (Å²) in [5.41, 5.74) is 0.787. The minimum Gasteiger partial charge on any atom is -0.494 e. The van der Waals surface area contributed by atoms with Crippen LogP contribution in [-0.2, 0) is 4.79 Å². The Kier molecular flexibility index (Phi) is 5.02. The zero-order valence-electron chi connectivity index (χ0n) is 10.8. The molecule has 0 aliphatic carbocycles. The van der Waals surface area contributed by atoms with Crippen LogP contribution in [0.25, 0.3) is 0 Å². The zero-order chi connectivity index (χ0) is 14.4. The fourth-order valence-corrected chi connectivity index (χ4v) is 2.15. The van der Waals surface area contributed by atoms with Gasteiger partial charge < -0.3 is 9.84 Å². The number of hydrogen-bond donors (Lipinski definition) is 1. The van der Waals surface area contributed by atoms with Crippen LogP contribution in [0.3, 0.4) is 0 Å². The van der Waals surface area contributed by atoms with Crippen LogP contribution in [0.5, 0.6) is 5.75 Å². The molecule has 2 aromatic rings. The lowest BCUT2D eigenvalue weighted by Gasteiger charge is -2.13. The second-order valence-corrected chi connectivity index (χ2v) is 4.83. The summed E-state index contributed by atoms with van der Waals surface area (Å²) in [5.74, 6) is -0.754. The molecule has 0 aromatic heterocycles. The smallest absolute Gasteiger partial charge is 0.311 e. The van der Waals surface area contributed by atoms with E-state index in [1.165, 1.54) is 0 Å². The van der Waals surface area contributed by atoms with Crippen molar-refractivity contribution >= 4 is 17.6 Å². The lowest BCUT2D eigenvalue weighted by Crippen LogP contribution is -2.15. The summed E-state index contributed by atoms with van der Waals surface area (Å²) in [5, 5.41) is 9.89. The molecular formula is C16H15ClO3. The molecule has 0 bridgehead atoms. The third kappa shape index (κ3) is 4.00. The van der Waals surface area contributed by atoms with Crippen molar-refractivity contribution in [3.8, 4) is 5.75 Å². The van der Waals surface area contributed by atoms with E-state index in [1.54, 1.807) is 24.3 Å². The van der Waals surface area contributed by atoms with Gasteiger partial charge in [0, 0.05) is 5.02 Å². The Hall–Kier alpha value is -2.00. The normalized spacial score (nSPS) is 11.8. The minimum absolute atomic E-state index is 0.326. The number of carbonyl (C=O) groups is 1. The Balaban J connectivity index is 1.95. The maximum absolute atomic E-state index is 11.3. The van der Waals surface area contributed by atoms with Gasteiger partial charge in [-0.25, -0.2) is 0 Å². The molecule has 1 N–H and O–H groups in total. The molecule has 4 heteroatoms. The maximum atomic E-state index is 11.3. The van der Waals surface area contributed by atoms with Crippen molar-refractivity contribution in [1.82, 2.24) is 0 Å². The summed E-state index contributed by atoms with van der Waals surface area (Å²) in [6.45, 7) is 0.326. The van der Waals surface area contributed by atoms with Gasteiger partial charge in [0.25, 0.3) is 0 Å². The molecule has 0 spiro atoms. The van der Waals surface area contributed by atoms with Gasteiger partial charge in [-0.15, -0.1) is 0 Å². The Morgan fingerprint density at radius 3 is 2.55 bits per heavy atom. The quantitative estimate of drug-likeness (QED) is 0.875. The monoisotopic (exact) mass is 290 g/mol. The highest BCUT2D eigenvalue weighted by Crippen LogP contribution is 2.22. The summed E-state index contributed by atoms with van der Waals surface area (Å²) >= 11 is 5.86. The van der Waals surface area contributed by atoms with Crippen LogP contribution in [0.1, 0.15) is 17.9 Å². The zero-order valence-corrected chi connectivity index (χ0v) is 11.6. The number of benzene rings is 2. The minimum atomic E-state index is -0.842. The van der Waals surface area contributed by atoms with Crippen LogP contribution in [0.4, 0.5) is 0 Å². The van der Waals surface area contributed by atoms with Crippen LogP contribution in [0.2, 0.25) is 5.02 Å². The van der Waals surface area contributed by atoms with Gasteiger partial charge in [-0.2, -0.15) is 0 Å². The first-order chi connectivity index (χ1) is 9.66. The van der Waals surface area contributed by atoms with Crippen molar-refractivity contribution in [1.29, 1.82) is 0 Å². The first kappa shape index (κ1) is 14.4. The fourth-order valence-electron chi connectivity index (χ4n) is 1.97. The van der Waals surface area contributed by atoms with Gasteiger partial charge in [0.15, 0.2) is 0 Å². The lowest BCUT2D eigenvalue weighted by atomic mass is 9.96. The molecule has 20 heavy (non-hydrogen) atoms. The Morgan fingerprint density at radius 1 is 1.15 bits per heavy atom. The molecule has 1 atom stereocenters. The molecule has 0 fully saturated rings. The number of hydrogen-bond acceptors (Lipinski definition) is 2. The molecule has 2 rings (SSSR count). The van der Waals surface area contributed by atoms with Gasteiger partial charge in [0.05, 0.1) is 12.5 Å². The van der Waals surface area contributed by atoms with E-state index in [4.69, 9.17) is 16.3 Å². The molecule has 2 aromatic carbocycles. The molecule has 1 unspecified atom stereocenters. The Bertz CT molecular complexity index is 569. The van der Waals surface area contributed by atoms with E-state index in [0.29, 0.717) is 23.8 Å². The summed E-state index contributed by atoms with van der Waals surface area (Å²) in [6, 6.07) is 16.2. The van der Waals surface area contributed by atoms with Crippen LogP contribution in [-0.4, -0.2) is 17.7 Å². The average Bonchev–Trinajstić information content (AvgIpc) is 2.44. The largest absolute Gasteiger partial charge is 0.494 e. The molecule has 0 saturated heterocycles. The van der Waals surface area contributed by atoms with E-state index in [0.717, 1.165) is 5.56 Å². The summed E-state index contributed by atoms with van der Waals surface area (Å²) in [4.78, 5) is 11.3. The van der Waals surface area contributed by atoms with E-state index in [-0.39, 0.29) is 0 Å². The van der Waals surface area contributed by atoms with Gasteiger partial charge in [-0.05, 0) is 30.2 Å². The molecule has 0 aliphatic rings. The third-order valence-corrected chi connectivity index (χ3v) is 3.21. The van der Waals surface area contributed by atoms with E-state index >= 15 is 0 Å². The highest BCUT2D eigenvalue weighted by atomic mass is 35.5. The van der Waals surface area contributed by atoms with Crippen molar-refractivity contribution in [2.24, 2.45) is 0 Å². The van der Waals surface area contributed by atoms with E-state index < -0.39 is 11.9 Å². The SMILES string of the molecule is O=C(O)C(CCOc1cccc(Cl)c1)c1ccccc1. The number of aliphatic carboxylic acids is 1. The second-order valence-electron chi connectivity index (χ2n) is 4.40. The molecule has 0 saturated carbocycles. The van der Waals surface area contributed by atoms with Crippen LogP contribution < -0.4 is 4.74 Å². The lowest BCUT2D eigenvalue weighted by molar-refractivity contribution is -0.139. The molecule has 0 heterocycles. The number of carboxylic acid groups (broad SMARTS) is 1. The second kappa shape index (κ2) is 6.96.